The van der Waals surface area contributed by atoms with Gasteiger partial charge < -0.3 is 30.3 Å². The normalized spacial score (nSPS) is 24.8. The van der Waals surface area contributed by atoms with Crippen molar-refractivity contribution in [2.75, 3.05) is 19.8 Å². The van der Waals surface area contributed by atoms with Gasteiger partial charge in [-0.05, 0) is 50.9 Å². The van der Waals surface area contributed by atoms with Crippen LogP contribution in [-0.2, 0) is 4.74 Å². The fraction of sp³-hybridized carbons (Fsp3) is 0.818. The summed E-state index contributed by atoms with van der Waals surface area (Å²) >= 11 is 0. The van der Waals surface area contributed by atoms with Gasteiger partial charge in [0, 0.05) is 0 Å². The van der Waals surface area contributed by atoms with E-state index in [9.17, 15) is 20.4 Å². The third-order valence-corrected chi connectivity index (χ3v) is 6.41. The van der Waals surface area contributed by atoms with Crippen molar-refractivity contribution in [3.8, 4) is 0 Å². The Morgan fingerprint density at radius 1 is 1.18 bits per heavy atom. The van der Waals surface area contributed by atoms with Crippen molar-refractivity contribution in [1.82, 2.24) is 0 Å². The molecule has 0 saturated carbocycles. The van der Waals surface area contributed by atoms with E-state index in [4.69, 9.17) is 9.84 Å². The molecule has 5 atom stereocenters. The van der Waals surface area contributed by atoms with Gasteiger partial charge in [0.1, 0.15) is 24.4 Å². The molecule has 1 aliphatic carbocycles. The third-order valence-electron chi connectivity index (χ3n) is 6.41. The molecule has 0 heterocycles. The Balaban J connectivity index is 2.43. The minimum Gasteiger partial charge on any atom is -0.394 e. The number of ether oxygens (including phenoxy) is 1. The van der Waals surface area contributed by atoms with Gasteiger partial charge in [-0.3, -0.25) is 0 Å². The average Bonchev–Trinajstić information content (AvgIpc) is 2.66. The molecule has 0 radical (unpaired) electrons. The molecule has 1 unspecified atom stereocenters. The summed E-state index contributed by atoms with van der Waals surface area (Å²) < 4.78 is 5.37. The van der Waals surface area contributed by atoms with Crippen LogP contribution in [0.25, 0.3) is 0 Å². The van der Waals surface area contributed by atoms with Crippen LogP contribution < -0.4 is 0 Å². The Bertz CT molecular complexity index is 539. The zero-order chi connectivity index (χ0) is 21.5. The molecular weight excluding hydrogens is 360 g/mol. The summed E-state index contributed by atoms with van der Waals surface area (Å²) in [7, 11) is 0. The molecule has 6 nitrogen and oxygen atoms in total. The molecule has 0 saturated heterocycles. The highest BCUT2D eigenvalue weighted by molar-refractivity contribution is 5.24. The van der Waals surface area contributed by atoms with Crippen LogP contribution in [0.15, 0.2) is 22.8 Å². The lowest BCUT2D eigenvalue weighted by Crippen LogP contribution is -2.47. The maximum atomic E-state index is 9.83. The molecule has 0 aromatic rings. The van der Waals surface area contributed by atoms with Gasteiger partial charge >= 0.3 is 0 Å². The van der Waals surface area contributed by atoms with Crippen LogP contribution in [0.3, 0.4) is 0 Å². The fourth-order valence-electron chi connectivity index (χ4n) is 3.80. The van der Waals surface area contributed by atoms with E-state index in [0.717, 1.165) is 12.8 Å². The summed E-state index contributed by atoms with van der Waals surface area (Å²) in [6.07, 6.45) is 0.339. The summed E-state index contributed by atoms with van der Waals surface area (Å²) in [6, 6.07) is 0. The average molecular weight is 401 g/mol. The van der Waals surface area contributed by atoms with E-state index in [1.807, 2.05) is 6.08 Å². The zero-order valence-corrected chi connectivity index (χ0v) is 18.1. The van der Waals surface area contributed by atoms with Gasteiger partial charge in [-0.15, -0.1) is 0 Å². The predicted octanol–water partition coefficient (Wildman–Crippen LogP) is 1.94. The van der Waals surface area contributed by atoms with E-state index in [1.165, 1.54) is 24.0 Å². The molecule has 0 aromatic carbocycles. The van der Waals surface area contributed by atoms with Crippen molar-refractivity contribution in [3.05, 3.63) is 22.8 Å². The summed E-state index contributed by atoms with van der Waals surface area (Å²) in [5, 5.41) is 47.2. The molecule has 0 fully saturated rings. The van der Waals surface area contributed by atoms with Gasteiger partial charge in [-0.1, -0.05) is 43.6 Å². The SMILES string of the molecule is CC1=C(CC/C(C)=C/COC[C@@H](O)[C@@H](O)[C@H](O)[C@H](O)CO)C(C)(C)C(C)CC1. The van der Waals surface area contributed by atoms with Crippen LogP contribution in [0.1, 0.15) is 60.3 Å². The first-order valence-electron chi connectivity index (χ1n) is 10.3. The van der Waals surface area contributed by atoms with Crippen LogP contribution in [0.4, 0.5) is 0 Å². The Kier molecular flexibility index (Phi) is 10.3. The molecule has 0 spiro atoms. The molecule has 0 aromatic heterocycles. The van der Waals surface area contributed by atoms with Crippen LogP contribution in [-0.4, -0.2) is 69.8 Å². The number of hydrogen-bond donors (Lipinski definition) is 5. The number of rotatable bonds is 11. The number of aliphatic hydroxyl groups excluding tert-OH is 5. The van der Waals surface area contributed by atoms with E-state index in [-0.39, 0.29) is 12.0 Å². The van der Waals surface area contributed by atoms with E-state index in [2.05, 4.69) is 34.6 Å². The fourth-order valence-corrected chi connectivity index (χ4v) is 3.80. The lowest BCUT2D eigenvalue weighted by molar-refractivity contribution is -0.127. The molecule has 1 aliphatic rings. The van der Waals surface area contributed by atoms with Crippen molar-refractivity contribution < 1.29 is 30.3 Å². The molecular formula is C22H40O6. The summed E-state index contributed by atoms with van der Waals surface area (Å²) in [5.41, 5.74) is 4.53. The van der Waals surface area contributed by atoms with Crippen molar-refractivity contribution >= 4 is 0 Å². The van der Waals surface area contributed by atoms with E-state index >= 15 is 0 Å². The maximum absolute atomic E-state index is 9.83. The van der Waals surface area contributed by atoms with Gasteiger partial charge in [-0.2, -0.15) is 0 Å². The highest BCUT2D eigenvalue weighted by Gasteiger charge is 2.34. The minimum absolute atomic E-state index is 0.172. The third kappa shape index (κ3) is 6.94. The smallest absolute Gasteiger partial charge is 0.111 e. The summed E-state index contributed by atoms with van der Waals surface area (Å²) in [5.74, 6) is 0.687. The van der Waals surface area contributed by atoms with E-state index < -0.39 is 31.0 Å². The van der Waals surface area contributed by atoms with Crippen molar-refractivity contribution in [2.45, 2.75) is 84.7 Å². The monoisotopic (exact) mass is 400 g/mol. The predicted molar refractivity (Wildman–Crippen MR) is 110 cm³/mol. The largest absolute Gasteiger partial charge is 0.394 e. The molecule has 0 aliphatic heterocycles. The van der Waals surface area contributed by atoms with Crippen LogP contribution >= 0.6 is 0 Å². The second kappa shape index (κ2) is 11.4. The van der Waals surface area contributed by atoms with Crippen molar-refractivity contribution in [1.29, 1.82) is 0 Å². The molecule has 164 valence electrons. The van der Waals surface area contributed by atoms with Crippen LogP contribution in [0, 0.1) is 11.3 Å². The molecule has 28 heavy (non-hydrogen) atoms. The van der Waals surface area contributed by atoms with Gasteiger partial charge in [0.05, 0.1) is 19.8 Å². The van der Waals surface area contributed by atoms with E-state index in [0.29, 0.717) is 12.5 Å². The first-order valence-corrected chi connectivity index (χ1v) is 10.3. The zero-order valence-electron chi connectivity index (χ0n) is 18.1. The Hall–Kier alpha value is -0.760. The summed E-state index contributed by atoms with van der Waals surface area (Å²) in [6.45, 7) is 10.8. The first kappa shape index (κ1) is 25.3. The number of hydrogen-bond acceptors (Lipinski definition) is 6. The second-order valence-electron chi connectivity index (χ2n) is 8.81. The maximum Gasteiger partial charge on any atom is 0.111 e. The quantitative estimate of drug-likeness (QED) is 0.268. The van der Waals surface area contributed by atoms with Gasteiger partial charge in [0.15, 0.2) is 0 Å². The molecule has 1 rings (SSSR count). The van der Waals surface area contributed by atoms with Crippen LogP contribution in [0.2, 0.25) is 0 Å². The standard InChI is InChI=1S/C22H40O6/c1-14(6-9-17-15(2)7-8-16(3)22(17,4)5)10-11-28-13-19(25)21(27)20(26)18(24)12-23/h10,16,18-21,23-27H,6-9,11-13H2,1-5H3/b14-10+/t16?,18-,19-,20-,21-/m1/s1. The lowest BCUT2D eigenvalue weighted by atomic mass is 9.65. The Labute approximate surface area is 169 Å². The highest BCUT2D eigenvalue weighted by atomic mass is 16.5. The number of allylic oxidation sites excluding steroid dienone is 3. The van der Waals surface area contributed by atoms with Crippen molar-refractivity contribution in [2.24, 2.45) is 11.3 Å². The number of aliphatic hydroxyl groups is 5. The van der Waals surface area contributed by atoms with Gasteiger partial charge in [0.25, 0.3) is 0 Å². The highest BCUT2D eigenvalue weighted by Crippen LogP contribution is 2.46. The van der Waals surface area contributed by atoms with Gasteiger partial charge in [-0.25, -0.2) is 0 Å². The lowest BCUT2D eigenvalue weighted by Gasteiger charge is -2.40. The minimum atomic E-state index is -1.63. The molecule has 0 bridgehead atoms. The molecule has 5 N–H and O–H groups in total. The molecule has 0 amide bonds. The summed E-state index contributed by atoms with van der Waals surface area (Å²) in [4.78, 5) is 0. The second-order valence-corrected chi connectivity index (χ2v) is 8.81. The Morgan fingerprint density at radius 2 is 1.79 bits per heavy atom. The molecule has 6 heteroatoms. The van der Waals surface area contributed by atoms with E-state index in [1.54, 1.807) is 5.57 Å². The van der Waals surface area contributed by atoms with Gasteiger partial charge in [0.2, 0.25) is 0 Å². The first-order chi connectivity index (χ1) is 13.0. The Morgan fingerprint density at radius 3 is 2.39 bits per heavy atom. The van der Waals surface area contributed by atoms with Crippen LogP contribution in [0.5, 0.6) is 0 Å². The van der Waals surface area contributed by atoms with Crippen molar-refractivity contribution in [3.63, 3.8) is 0 Å². The topological polar surface area (TPSA) is 110 Å².